The van der Waals surface area contributed by atoms with E-state index in [1.165, 1.54) is 7.05 Å². The third-order valence-corrected chi connectivity index (χ3v) is 1.22. The maximum atomic E-state index is 10.6. The van der Waals surface area contributed by atoms with E-state index in [0.29, 0.717) is 6.29 Å². The second kappa shape index (κ2) is 2.02. The van der Waals surface area contributed by atoms with E-state index in [0.717, 1.165) is 4.57 Å². The van der Waals surface area contributed by atoms with Crippen LogP contribution in [0.15, 0.2) is 4.79 Å². The summed E-state index contributed by atoms with van der Waals surface area (Å²) in [5.74, 6) is -0.333. The van der Waals surface area contributed by atoms with Crippen LogP contribution < -0.4 is 5.69 Å². The van der Waals surface area contributed by atoms with E-state index in [2.05, 4.69) is 4.98 Å². The lowest BCUT2D eigenvalue weighted by atomic mass is 10.5. The fraction of sp³-hybridized carbons (Fsp3) is 0.200. The molecular weight excluding hydrogens is 136 g/mol. The van der Waals surface area contributed by atoms with Gasteiger partial charge in [0.1, 0.15) is 5.69 Å². The molecule has 1 aromatic rings. The van der Waals surface area contributed by atoms with Crippen molar-refractivity contribution in [1.82, 2.24) is 9.55 Å². The van der Waals surface area contributed by atoms with Crippen molar-refractivity contribution < 1.29 is 9.90 Å². The molecule has 1 rings (SSSR count). The van der Waals surface area contributed by atoms with Crippen molar-refractivity contribution in [3.8, 4) is 5.88 Å². The summed E-state index contributed by atoms with van der Waals surface area (Å²) < 4.78 is 0.948. The zero-order chi connectivity index (χ0) is 7.72. The summed E-state index contributed by atoms with van der Waals surface area (Å²) >= 11 is 0. The summed E-state index contributed by atoms with van der Waals surface area (Å²) in [5, 5.41) is 8.92. The SMILES string of the molecule is Cn1c(O)c(C=O)[nH]c1=O. The Balaban J connectivity index is 3.45. The minimum Gasteiger partial charge on any atom is -0.493 e. The van der Waals surface area contributed by atoms with Gasteiger partial charge >= 0.3 is 5.69 Å². The molecular formula is C5H6N2O3. The Morgan fingerprint density at radius 2 is 2.30 bits per heavy atom. The molecule has 0 aromatic carbocycles. The number of carbonyl (C=O) groups is 1. The average Bonchev–Trinajstić information content (AvgIpc) is 2.17. The molecule has 1 aromatic heterocycles. The van der Waals surface area contributed by atoms with E-state index in [9.17, 15) is 9.59 Å². The second-order valence-electron chi connectivity index (χ2n) is 1.84. The molecule has 0 spiro atoms. The number of aromatic amines is 1. The molecule has 0 aliphatic rings. The first-order chi connectivity index (χ1) is 4.66. The molecule has 5 heteroatoms. The van der Waals surface area contributed by atoms with Gasteiger partial charge in [-0.2, -0.15) is 0 Å². The van der Waals surface area contributed by atoms with Crippen molar-refractivity contribution in [2.45, 2.75) is 0 Å². The average molecular weight is 142 g/mol. The number of hydrogen-bond donors (Lipinski definition) is 2. The predicted molar refractivity (Wildman–Crippen MR) is 33.1 cm³/mol. The largest absolute Gasteiger partial charge is 0.493 e. The topological polar surface area (TPSA) is 75.1 Å². The lowest BCUT2D eigenvalue weighted by Gasteiger charge is -1.88. The number of nitrogens with zero attached hydrogens (tertiary/aromatic N) is 1. The van der Waals surface area contributed by atoms with Crippen LogP contribution >= 0.6 is 0 Å². The van der Waals surface area contributed by atoms with Gasteiger partial charge in [-0.3, -0.25) is 9.36 Å². The Morgan fingerprint density at radius 1 is 1.70 bits per heavy atom. The van der Waals surface area contributed by atoms with E-state index in [1.54, 1.807) is 0 Å². The van der Waals surface area contributed by atoms with Gasteiger partial charge in [0, 0.05) is 7.05 Å². The molecule has 0 atom stereocenters. The van der Waals surface area contributed by atoms with Crippen LogP contribution in [0.5, 0.6) is 5.88 Å². The fourth-order valence-electron chi connectivity index (χ4n) is 0.614. The number of aromatic hydroxyl groups is 1. The number of imidazole rings is 1. The Morgan fingerprint density at radius 3 is 2.50 bits per heavy atom. The number of nitrogens with one attached hydrogen (secondary N) is 1. The Bertz CT molecular complexity index is 309. The molecule has 0 fully saturated rings. The number of hydrogen-bond acceptors (Lipinski definition) is 3. The van der Waals surface area contributed by atoms with Crippen LogP contribution in [0.4, 0.5) is 0 Å². The maximum Gasteiger partial charge on any atom is 0.328 e. The number of rotatable bonds is 1. The van der Waals surface area contributed by atoms with Crippen LogP contribution in [-0.2, 0) is 7.05 Å². The predicted octanol–water partition coefficient (Wildman–Crippen LogP) is -0.769. The van der Waals surface area contributed by atoms with Crippen LogP contribution in [-0.4, -0.2) is 20.9 Å². The summed E-state index contributed by atoms with van der Waals surface area (Å²) in [6, 6.07) is 0. The third-order valence-electron chi connectivity index (χ3n) is 1.22. The van der Waals surface area contributed by atoms with Crippen molar-refractivity contribution in [1.29, 1.82) is 0 Å². The molecule has 0 unspecified atom stereocenters. The minimum atomic E-state index is -0.500. The van der Waals surface area contributed by atoms with Crippen LogP contribution in [0.3, 0.4) is 0 Å². The summed E-state index contributed by atoms with van der Waals surface area (Å²) in [6.07, 6.45) is 0.386. The molecule has 10 heavy (non-hydrogen) atoms. The van der Waals surface area contributed by atoms with Crippen LogP contribution in [0, 0.1) is 0 Å². The molecule has 0 amide bonds. The zero-order valence-corrected chi connectivity index (χ0v) is 5.29. The minimum absolute atomic E-state index is 0.0903. The van der Waals surface area contributed by atoms with Gasteiger partial charge in [0.25, 0.3) is 0 Å². The van der Waals surface area contributed by atoms with Crippen LogP contribution in [0.25, 0.3) is 0 Å². The molecule has 0 aliphatic carbocycles. The smallest absolute Gasteiger partial charge is 0.328 e. The molecule has 0 bridgehead atoms. The van der Waals surface area contributed by atoms with Crippen molar-refractivity contribution in [2.24, 2.45) is 7.05 Å². The van der Waals surface area contributed by atoms with Gasteiger partial charge in [0.15, 0.2) is 6.29 Å². The van der Waals surface area contributed by atoms with E-state index >= 15 is 0 Å². The third kappa shape index (κ3) is 0.717. The molecule has 1 heterocycles. The quantitative estimate of drug-likeness (QED) is 0.505. The van der Waals surface area contributed by atoms with Gasteiger partial charge in [0.05, 0.1) is 0 Å². The fourth-order valence-corrected chi connectivity index (χ4v) is 0.614. The maximum absolute atomic E-state index is 10.6. The first-order valence-corrected chi connectivity index (χ1v) is 2.60. The van der Waals surface area contributed by atoms with Gasteiger partial charge < -0.3 is 10.1 Å². The highest BCUT2D eigenvalue weighted by Crippen LogP contribution is 2.06. The first kappa shape index (κ1) is 6.60. The van der Waals surface area contributed by atoms with Crippen molar-refractivity contribution in [2.75, 3.05) is 0 Å². The van der Waals surface area contributed by atoms with Crippen LogP contribution in [0.1, 0.15) is 10.5 Å². The molecule has 0 radical (unpaired) electrons. The van der Waals surface area contributed by atoms with Crippen molar-refractivity contribution in [3.05, 3.63) is 16.2 Å². The van der Waals surface area contributed by atoms with Gasteiger partial charge in [0.2, 0.25) is 5.88 Å². The summed E-state index contributed by atoms with van der Waals surface area (Å²) in [5.41, 5.74) is -0.591. The normalized spacial score (nSPS) is 9.70. The monoisotopic (exact) mass is 142 g/mol. The molecule has 54 valence electrons. The lowest BCUT2D eigenvalue weighted by molar-refractivity contribution is 0.111. The summed E-state index contributed by atoms with van der Waals surface area (Å²) in [6.45, 7) is 0. The Kier molecular flexibility index (Phi) is 1.33. The van der Waals surface area contributed by atoms with Gasteiger partial charge in [-0.15, -0.1) is 0 Å². The van der Waals surface area contributed by atoms with Gasteiger partial charge in [-0.25, -0.2) is 4.79 Å². The summed E-state index contributed by atoms with van der Waals surface area (Å²) in [7, 11) is 1.36. The number of aromatic nitrogens is 2. The number of aldehydes is 1. The Hall–Kier alpha value is -1.52. The molecule has 2 N–H and O–H groups in total. The standard InChI is InChI=1S/C5H6N2O3/c1-7-4(9)3(2-8)6-5(7)10/h2,9H,1H3,(H,6,10). The zero-order valence-electron chi connectivity index (χ0n) is 5.29. The molecule has 0 saturated carbocycles. The van der Waals surface area contributed by atoms with E-state index in [1.807, 2.05) is 0 Å². The highest BCUT2D eigenvalue weighted by Gasteiger charge is 2.06. The lowest BCUT2D eigenvalue weighted by Crippen LogP contribution is -2.11. The van der Waals surface area contributed by atoms with Crippen LogP contribution in [0.2, 0.25) is 0 Å². The highest BCUT2D eigenvalue weighted by atomic mass is 16.3. The number of carbonyl (C=O) groups excluding carboxylic acids is 1. The van der Waals surface area contributed by atoms with E-state index < -0.39 is 5.69 Å². The van der Waals surface area contributed by atoms with Gasteiger partial charge in [-0.1, -0.05) is 0 Å². The van der Waals surface area contributed by atoms with Crippen molar-refractivity contribution in [3.63, 3.8) is 0 Å². The van der Waals surface area contributed by atoms with Crippen molar-refractivity contribution >= 4 is 6.29 Å². The first-order valence-electron chi connectivity index (χ1n) is 2.60. The second-order valence-corrected chi connectivity index (χ2v) is 1.84. The highest BCUT2D eigenvalue weighted by molar-refractivity contribution is 5.74. The molecule has 0 saturated heterocycles. The van der Waals surface area contributed by atoms with E-state index in [-0.39, 0.29) is 11.6 Å². The van der Waals surface area contributed by atoms with E-state index in [4.69, 9.17) is 5.11 Å². The van der Waals surface area contributed by atoms with Gasteiger partial charge in [-0.05, 0) is 0 Å². The summed E-state index contributed by atoms with van der Waals surface area (Å²) in [4.78, 5) is 22.8. The molecule has 5 nitrogen and oxygen atoms in total. The Labute approximate surface area is 55.9 Å². The molecule has 0 aliphatic heterocycles. The number of H-pyrrole nitrogens is 1.